The van der Waals surface area contributed by atoms with Crippen LogP contribution >= 0.6 is 0 Å². The molecule has 0 saturated heterocycles. The third-order valence-electron chi connectivity index (χ3n) is 3.68. The number of carboxylic acid groups (broad SMARTS) is 1. The second-order valence-electron chi connectivity index (χ2n) is 5.49. The smallest absolute Gasteiger partial charge is 0.327 e. The van der Waals surface area contributed by atoms with E-state index in [1.54, 1.807) is 25.1 Å². The number of carbonyl (C=O) groups is 3. The maximum absolute atomic E-state index is 11.8. The van der Waals surface area contributed by atoms with E-state index in [9.17, 15) is 19.5 Å². The molecule has 2 aromatic carbocycles. The van der Waals surface area contributed by atoms with Crippen LogP contribution in [0.3, 0.4) is 0 Å². The first-order chi connectivity index (χ1) is 12.5. The Kier molecular flexibility index (Phi) is 7.02. The van der Waals surface area contributed by atoms with Crippen LogP contribution in [0.1, 0.15) is 40.9 Å². The Morgan fingerprint density at radius 3 is 2.54 bits per heavy atom. The molecule has 0 radical (unpaired) electrons. The van der Waals surface area contributed by atoms with E-state index in [2.05, 4.69) is 5.43 Å². The Morgan fingerprint density at radius 2 is 1.92 bits per heavy atom. The molecule has 0 aliphatic rings. The standard InChI is InChI=1S/C19H20N2O5/c1-2-17(23)15-9-6-10-16(11-15)18(19(24)25)20-21(13-22)26-12-14-7-4-3-5-8-14/h3-11,13,18,20H,2,12H2,1H3,(H,24,25). The number of hydrogen-bond donors (Lipinski definition) is 2. The number of carboxylic acids is 1. The maximum atomic E-state index is 11.8. The first-order valence-corrected chi connectivity index (χ1v) is 8.08. The summed E-state index contributed by atoms with van der Waals surface area (Å²) < 4.78 is 0. The van der Waals surface area contributed by atoms with Gasteiger partial charge in [-0.15, -0.1) is 5.17 Å². The van der Waals surface area contributed by atoms with Crippen molar-refractivity contribution in [1.82, 2.24) is 10.6 Å². The molecule has 7 nitrogen and oxygen atoms in total. The molecule has 0 aromatic heterocycles. The van der Waals surface area contributed by atoms with Gasteiger partial charge in [-0.2, -0.15) is 5.43 Å². The molecule has 1 unspecified atom stereocenters. The van der Waals surface area contributed by atoms with Gasteiger partial charge in [0.15, 0.2) is 11.8 Å². The highest BCUT2D eigenvalue weighted by atomic mass is 16.7. The zero-order valence-electron chi connectivity index (χ0n) is 14.3. The normalized spacial score (nSPS) is 11.6. The fourth-order valence-corrected chi connectivity index (χ4v) is 2.31. The van der Waals surface area contributed by atoms with E-state index in [1.165, 1.54) is 6.07 Å². The Hall–Kier alpha value is -3.03. The Bertz CT molecular complexity index is 764. The number of amides is 1. The van der Waals surface area contributed by atoms with E-state index >= 15 is 0 Å². The summed E-state index contributed by atoms with van der Waals surface area (Å²) in [7, 11) is 0. The number of benzene rings is 2. The molecule has 0 fully saturated rings. The van der Waals surface area contributed by atoms with Gasteiger partial charge in [0.05, 0.1) is 0 Å². The van der Waals surface area contributed by atoms with Crippen LogP contribution in [-0.4, -0.2) is 28.4 Å². The van der Waals surface area contributed by atoms with Crippen LogP contribution in [0.2, 0.25) is 0 Å². The van der Waals surface area contributed by atoms with Crippen molar-refractivity contribution in [2.75, 3.05) is 0 Å². The van der Waals surface area contributed by atoms with Crippen LogP contribution in [0, 0.1) is 0 Å². The fourth-order valence-electron chi connectivity index (χ4n) is 2.31. The van der Waals surface area contributed by atoms with Gasteiger partial charge in [0.25, 0.3) is 0 Å². The summed E-state index contributed by atoms with van der Waals surface area (Å²) in [6.45, 7) is 1.82. The van der Waals surface area contributed by atoms with Gasteiger partial charge in [0.1, 0.15) is 6.61 Å². The van der Waals surface area contributed by atoms with E-state index in [4.69, 9.17) is 4.84 Å². The summed E-state index contributed by atoms with van der Waals surface area (Å²) in [5.74, 6) is -1.30. The number of ketones is 1. The molecule has 2 aromatic rings. The van der Waals surface area contributed by atoms with E-state index < -0.39 is 12.0 Å². The molecule has 136 valence electrons. The van der Waals surface area contributed by atoms with Crippen LogP contribution in [-0.2, 0) is 21.0 Å². The minimum Gasteiger partial charge on any atom is -0.480 e. The average molecular weight is 356 g/mol. The second-order valence-corrected chi connectivity index (χ2v) is 5.49. The Labute approximate surface area is 151 Å². The maximum Gasteiger partial charge on any atom is 0.327 e. The quantitative estimate of drug-likeness (QED) is 0.386. The molecule has 1 atom stereocenters. The van der Waals surface area contributed by atoms with Crippen molar-refractivity contribution in [1.29, 1.82) is 0 Å². The minimum absolute atomic E-state index is 0.0906. The van der Waals surface area contributed by atoms with Crippen molar-refractivity contribution in [2.24, 2.45) is 0 Å². The predicted octanol–water partition coefficient (Wildman–Crippen LogP) is 2.50. The average Bonchev–Trinajstić information content (AvgIpc) is 2.68. The first kappa shape index (κ1) is 19.3. The summed E-state index contributed by atoms with van der Waals surface area (Å²) in [5, 5.41) is 10.2. The van der Waals surface area contributed by atoms with Crippen LogP contribution < -0.4 is 5.43 Å². The van der Waals surface area contributed by atoms with Gasteiger partial charge in [-0.3, -0.25) is 19.2 Å². The molecule has 0 aliphatic carbocycles. The number of hydroxylamine groups is 1. The molecular weight excluding hydrogens is 336 g/mol. The molecule has 2 N–H and O–H groups in total. The molecule has 1 amide bonds. The minimum atomic E-state index is -1.25. The van der Waals surface area contributed by atoms with Crippen LogP contribution in [0.4, 0.5) is 0 Å². The highest BCUT2D eigenvalue weighted by Crippen LogP contribution is 2.17. The lowest BCUT2D eigenvalue weighted by atomic mass is 10.0. The molecule has 26 heavy (non-hydrogen) atoms. The molecule has 0 saturated carbocycles. The molecular formula is C19H20N2O5. The SMILES string of the molecule is CCC(=O)c1cccc(C(NN(C=O)OCc2ccccc2)C(=O)O)c1. The molecule has 0 bridgehead atoms. The summed E-state index contributed by atoms with van der Waals surface area (Å²) in [5.41, 5.74) is 4.09. The lowest BCUT2D eigenvalue weighted by Gasteiger charge is -2.23. The van der Waals surface area contributed by atoms with Gasteiger partial charge >= 0.3 is 5.97 Å². The van der Waals surface area contributed by atoms with E-state index in [0.717, 1.165) is 10.7 Å². The summed E-state index contributed by atoms with van der Waals surface area (Å²) in [6, 6.07) is 14.2. The lowest BCUT2D eigenvalue weighted by molar-refractivity contribution is -0.205. The number of hydrogen-bond acceptors (Lipinski definition) is 5. The summed E-state index contributed by atoms with van der Waals surface area (Å²) >= 11 is 0. The van der Waals surface area contributed by atoms with Crippen LogP contribution in [0.5, 0.6) is 0 Å². The van der Waals surface area contributed by atoms with Gasteiger partial charge in [-0.1, -0.05) is 55.5 Å². The number of Topliss-reactive ketones (excluding diaryl/α,β-unsaturated/α-hetero) is 1. The number of aliphatic carboxylic acids is 1. The van der Waals surface area contributed by atoms with Crippen molar-refractivity contribution in [3.8, 4) is 0 Å². The first-order valence-electron chi connectivity index (χ1n) is 8.08. The monoisotopic (exact) mass is 356 g/mol. The van der Waals surface area contributed by atoms with Gasteiger partial charge in [0.2, 0.25) is 6.41 Å². The molecule has 0 spiro atoms. The van der Waals surface area contributed by atoms with E-state index in [1.807, 2.05) is 30.3 Å². The zero-order chi connectivity index (χ0) is 18.9. The number of rotatable bonds is 10. The number of nitrogens with one attached hydrogen (secondary N) is 1. The summed E-state index contributed by atoms with van der Waals surface area (Å²) in [6.07, 6.45) is 0.662. The van der Waals surface area contributed by atoms with Gasteiger partial charge < -0.3 is 5.11 Å². The zero-order valence-corrected chi connectivity index (χ0v) is 14.3. The number of hydrazine groups is 1. The molecule has 7 heteroatoms. The fraction of sp³-hybridized carbons (Fsp3) is 0.211. The van der Waals surface area contributed by atoms with E-state index in [0.29, 0.717) is 24.0 Å². The topological polar surface area (TPSA) is 95.9 Å². The number of carbonyl (C=O) groups excluding carboxylic acids is 2. The second kappa shape index (κ2) is 9.45. The number of nitrogens with zero attached hydrogens (tertiary/aromatic N) is 1. The molecule has 0 heterocycles. The van der Waals surface area contributed by atoms with Crippen molar-refractivity contribution in [2.45, 2.75) is 26.0 Å². The molecule has 2 rings (SSSR count). The third kappa shape index (κ3) is 5.23. The lowest BCUT2D eigenvalue weighted by Crippen LogP contribution is -2.42. The highest BCUT2D eigenvalue weighted by Gasteiger charge is 2.23. The van der Waals surface area contributed by atoms with Crippen molar-refractivity contribution < 1.29 is 24.3 Å². The Balaban J connectivity index is 2.12. The largest absolute Gasteiger partial charge is 0.480 e. The van der Waals surface area contributed by atoms with Gasteiger partial charge in [0, 0.05) is 12.0 Å². The third-order valence-corrected chi connectivity index (χ3v) is 3.68. The van der Waals surface area contributed by atoms with Crippen molar-refractivity contribution in [3.63, 3.8) is 0 Å². The Morgan fingerprint density at radius 1 is 1.19 bits per heavy atom. The predicted molar refractivity (Wildman–Crippen MR) is 93.7 cm³/mol. The molecule has 0 aliphatic heterocycles. The van der Waals surface area contributed by atoms with Crippen molar-refractivity contribution in [3.05, 3.63) is 71.3 Å². The van der Waals surface area contributed by atoms with Gasteiger partial charge in [-0.05, 0) is 17.2 Å². The van der Waals surface area contributed by atoms with Crippen molar-refractivity contribution >= 4 is 18.2 Å². The van der Waals surface area contributed by atoms with Gasteiger partial charge in [-0.25, -0.2) is 0 Å². The van der Waals surface area contributed by atoms with Crippen LogP contribution in [0.15, 0.2) is 54.6 Å². The highest BCUT2D eigenvalue weighted by molar-refractivity contribution is 5.96. The summed E-state index contributed by atoms with van der Waals surface area (Å²) in [4.78, 5) is 40.0. The van der Waals surface area contributed by atoms with E-state index in [-0.39, 0.29) is 12.4 Å². The van der Waals surface area contributed by atoms with Crippen LogP contribution in [0.25, 0.3) is 0 Å².